The molecule has 3 rings (SSSR count). The summed E-state index contributed by atoms with van der Waals surface area (Å²) in [6.45, 7) is 0.415. The highest BCUT2D eigenvalue weighted by Gasteiger charge is 2.35. The second-order valence-corrected chi connectivity index (χ2v) is 7.06. The molecule has 2 aromatic rings. The third-order valence-corrected chi connectivity index (χ3v) is 5.74. The SMILES string of the molecule is Nc1oncc1-c1ccc(S(=O)(=O)C2COC2)c(Cl)c1. The zero-order chi connectivity index (χ0) is 14.3. The first-order valence-electron chi connectivity index (χ1n) is 5.82. The van der Waals surface area contributed by atoms with Gasteiger partial charge in [0.05, 0.1) is 34.9 Å². The van der Waals surface area contributed by atoms with Crippen LogP contribution in [0, 0.1) is 0 Å². The van der Waals surface area contributed by atoms with Crippen LogP contribution < -0.4 is 5.73 Å². The Balaban J connectivity index is 2.02. The number of benzene rings is 1. The Labute approximate surface area is 120 Å². The Morgan fingerprint density at radius 2 is 2.10 bits per heavy atom. The average Bonchev–Trinajstić information content (AvgIpc) is 2.71. The van der Waals surface area contributed by atoms with E-state index in [9.17, 15) is 8.42 Å². The lowest BCUT2D eigenvalue weighted by Crippen LogP contribution is -2.40. The molecule has 0 aliphatic carbocycles. The van der Waals surface area contributed by atoms with Crippen molar-refractivity contribution in [1.29, 1.82) is 0 Å². The van der Waals surface area contributed by atoms with Crippen molar-refractivity contribution in [2.24, 2.45) is 0 Å². The number of hydrogen-bond acceptors (Lipinski definition) is 6. The smallest absolute Gasteiger partial charge is 0.229 e. The summed E-state index contributed by atoms with van der Waals surface area (Å²) in [7, 11) is -3.46. The number of aromatic nitrogens is 1. The normalized spacial score (nSPS) is 16.1. The maximum absolute atomic E-state index is 12.3. The van der Waals surface area contributed by atoms with Crippen LogP contribution in [0.4, 0.5) is 5.88 Å². The van der Waals surface area contributed by atoms with Gasteiger partial charge in [-0.15, -0.1) is 0 Å². The third-order valence-electron chi connectivity index (χ3n) is 3.19. The molecule has 106 valence electrons. The highest BCUT2D eigenvalue weighted by Crippen LogP contribution is 2.33. The van der Waals surface area contributed by atoms with Crippen molar-refractivity contribution < 1.29 is 17.7 Å². The molecule has 0 atom stereocenters. The number of nitrogens with zero attached hydrogens (tertiary/aromatic N) is 1. The van der Waals surface area contributed by atoms with Crippen molar-refractivity contribution in [2.75, 3.05) is 18.9 Å². The molecule has 0 bridgehead atoms. The second kappa shape index (κ2) is 4.76. The molecule has 0 radical (unpaired) electrons. The monoisotopic (exact) mass is 314 g/mol. The molecular weight excluding hydrogens is 304 g/mol. The molecule has 0 unspecified atom stereocenters. The van der Waals surface area contributed by atoms with Crippen LogP contribution in [0.3, 0.4) is 0 Å². The van der Waals surface area contributed by atoms with Gasteiger partial charge < -0.3 is 15.0 Å². The van der Waals surface area contributed by atoms with Gasteiger partial charge in [-0.2, -0.15) is 0 Å². The summed E-state index contributed by atoms with van der Waals surface area (Å²) in [4.78, 5) is 0.103. The number of sulfone groups is 1. The predicted molar refractivity (Wildman–Crippen MR) is 73.2 cm³/mol. The van der Waals surface area contributed by atoms with Crippen LogP contribution in [0.15, 0.2) is 33.8 Å². The van der Waals surface area contributed by atoms with Crippen molar-refractivity contribution in [3.63, 3.8) is 0 Å². The van der Waals surface area contributed by atoms with Crippen LogP contribution in [-0.2, 0) is 14.6 Å². The summed E-state index contributed by atoms with van der Waals surface area (Å²) in [6, 6.07) is 4.63. The van der Waals surface area contributed by atoms with Crippen molar-refractivity contribution >= 4 is 27.3 Å². The molecule has 1 aliphatic rings. The minimum atomic E-state index is -3.46. The van der Waals surface area contributed by atoms with Gasteiger partial charge in [0.2, 0.25) is 5.88 Å². The summed E-state index contributed by atoms with van der Waals surface area (Å²) < 4.78 is 34.3. The highest BCUT2D eigenvalue weighted by atomic mass is 35.5. The Morgan fingerprint density at radius 1 is 1.35 bits per heavy atom. The first-order valence-corrected chi connectivity index (χ1v) is 7.74. The largest absolute Gasteiger partial charge is 0.379 e. The zero-order valence-electron chi connectivity index (χ0n) is 10.2. The summed E-state index contributed by atoms with van der Waals surface area (Å²) in [5.74, 6) is 0.157. The minimum absolute atomic E-state index is 0.103. The highest BCUT2D eigenvalue weighted by molar-refractivity contribution is 7.92. The van der Waals surface area contributed by atoms with E-state index >= 15 is 0 Å². The van der Waals surface area contributed by atoms with Gasteiger partial charge in [-0.3, -0.25) is 0 Å². The lowest BCUT2D eigenvalue weighted by molar-refractivity contribution is 0.0416. The topological polar surface area (TPSA) is 95.4 Å². The number of anilines is 1. The molecule has 6 nitrogen and oxygen atoms in total. The molecule has 1 fully saturated rings. The number of nitrogen functional groups attached to an aromatic ring is 1. The lowest BCUT2D eigenvalue weighted by Gasteiger charge is -2.26. The van der Waals surface area contributed by atoms with Gasteiger partial charge in [0, 0.05) is 0 Å². The van der Waals surface area contributed by atoms with E-state index in [1.165, 1.54) is 18.3 Å². The number of halogens is 1. The predicted octanol–water partition coefficient (Wildman–Crippen LogP) is 1.75. The van der Waals surface area contributed by atoms with Crippen LogP contribution in [0.5, 0.6) is 0 Å². The fourth-order valence-corrected chi connectivity index (χ4v) is 3.94. The zero-order valence-corrected chi connectivity index (χ0v) is 11.8. The van der Waals surface area contributed by atoms with Crippen LogP contribution in [0.25, 0.3) is 11.1 Å². The molecule has 1 saturated heterocycles. The van der Waals surface area contributed by atoms with E-state index in [0.29, 0.717) is 11.1 Å². The van der Waals surface area contributed by atoms with Crippen LogP contribution >= 0.6 is 11.6 Å². The van der Waals surface area contributed by atoms with Gasteiger partial charge in [0.15, 0.2) is 9.84 Å². The van der Waals surface area contributed by atoms with Gasteiger partial charge in [0.1, 0.15) is 5.25 Å². The number of nitrogens with two attached hydrogens (primary N) is 1. The van der Waals surface area contributed by atoms with Crippen LogP contribution in [0.1, 0.15) is 0 Å². The van der Waals surface area contributed by atoms with E-state index in [1.54, 1.807) is 6.07 Å². The van der Waals surface area contributed by atoms with Gasteiger partial charge >= 0.3 is 0 Å². The Morgan fingerprint density at radius 3 is 2.60 bits per heavy atom. The molecule has 20 heavy (non-hydrogen) atoms. The van der Waals surface area contributed by atoms with Crippen molar-refractivity contribution in [3.8, 4) is 11.1 Å². The molecular formula is C12H11ClN2O4S. The molecule has 0 saturated carbocycles. The number of ether oxygens (including phenoxy) is 1. The Bertz CT molecular complexity index is 753. The lowest BCUT2D eigenvalue weighted by atomic mass is 10.1. The number of hydrogen-bond donors (Lipinski definition) is 1. The molecule has 1 aromatic carbocycles. The first kappa shape index (κ1) is 13.4. The van der Waals surface area contributed by atoms with E-state index in [0.717, 1.165) is 0 Å². The third kappa shape index (κ3) is 2.07. The quantitative estimate of drug-likeness (QED) is 0.927. The van der Waals surface area contributed by atoms with Gasteiger partial charge in [0.25, 0.3) is 0 Å². The molecule has 8 heteroatoms. The minimum Gasteiger partial charge on any atom is -0.379 e. The molecule has 2 N–H and O–H groups in total. The fourth-order valence-electron chi connectivity index (χ4n) is 1.94. The van der Waals surface area contributed by atoms with E-state index in [-0.39, 0.29) is 29.0 Å². The van der Waals surface area contributed by atoms with Crippen molar-refractivity contribution in [2.45, 2.75) is 10.1 Å². The summed E-state index contributed by atoms with van der Waals surface area (Å²) >= 11 is 6.10. The molecule has 1 aliphatic heterocycles. The van der Waals surface area contributed by atoms with Crippen molar-refractivity contribution in [1.82, 2.24) is 5.16 Å². The molecule has 2 heterocycles. The molecule has 0 amide bonds. The summed E-state index contributed by atoms with van der Waals surface area (Å²) in [5, 5.41) is 3.20. The Kier molecular flexibility index (Phi) is 3.19. The second-order valence-electron chi connectivity index (χ2n) is 4.45. The maximum Gasteiger partial charge on any atom is 0.229 e. The Hall–Kier alpha value is -1.57. The number of rotatable bonds is 3. The van der Waals surface area contributed by atoms with E-state index in [2.05, 4.69) is 5.16 Å². The molecule has 1 aromatic heterocycles. The summed E-state index contributed by atoms with van der Waals surface area (Å²) in [6.07, 6.45) is 1.45. The van der Waals surface area contributed by atoms with Crippen LogP contribution in [0.2, 0.25) is 5.02 Å². The molecule has 0 spiro atoms. The van der Waals surface area contributed by atoms with E-state index < -0.39 is 15.1 Å². The van der Waals surface area contributed by atoms with E-state index in [1.807, 2.05) is 0 Å². The van der Waals surface area contributed by atoms with Crippen LogP contribution in [-0.4, -0.2) is 32.0 Å². The first-order chi connectivity index (χ1) is 9.50. The van der Waals surface area contributed by atoms with Gasteiger partial charge in [-0.25, -0.2) is 8.42 Å². The maximum atomic E-state index is 12.3. The van der Waals surface area contributed by atoms with Gasteiger partial charge in [-0.05, 0) is 17.7 Å². The van der Waals surface area contributed by atoms with Gasteiger partial charge in [-0.1, -0.05) is 22.8 Å². The van der Waals surface area contributed by atoms with Crippen molar-refractivity contribution in [3.05, 3.63) is 29.4 Å². The average molecular weight is 315 g/mol. The standard InChI is InChI=1S/C12H11ClN2O4S/c13-10-3-7(9-4-15-19-12(9)14)1-2-11(10)20(16,17)8-5-18-6-8/h1-4,8H,5-6,14H2. The fraction of sp³-hybridized carbons (Fsp3) is 0.250. The van der Waals surface area contributed by atoms with E-state index in [4.69, 9.17) is 26.6 Å². The summed E-state index contributed by atoms with van der Waals surface area (Å²) in [5.41, 5.74) is 6.84.